The molecule has 0 unspecified atom stereocenters. The molecule has 0 amide bonds. The molecule has 0 aliphatic heterocycles. The van der Waals surface area contributed by atoms with E-state index in [2.05, 4.69) is 49.6 Å². The van der Waals surface area contributed by atoms with Gasteiger partial charge in [-0.15, -0.1) is 0 Å². The lowest BCUT2D eigenvalue weighted by atomic mass is 10.0. The minimum absolute atomic E-state index is 1.16. The van der Waals surface area contributed by atoms with Gasteiger partial charge in [0.25, 0.3) is 0 Å². The second kappa shape index (κ2) is 4.63. The summed E-state index contributed by atoms with van der Waals surface area (Å²) in [4.78, 5) is 0. The van der Waals surface area contributed by atoms with Gasteiger partial charge in [-0.2, -0.15) is 0 Å². The molecule has 0 aromatic heterocycles. The van der Waals surface area contributed by atoms with E-state index < -0.39 is 0 Å². The van der Waals surface area contributed by atoms with E-state index in [0.29, 0.717) is 0 Å². The van der Waals surface area contributed by atoms with Gasteiger partial charge in [0.15, 0.2) is 0 Å². The number of hydrogen-bond donors (Lipinski definition) is 0. The molecule has 0 N–H and O–H groups in total. The Hall–Kier alpha value is -2.08. The Morgan fingerprint density at radius 1 is 0.750 bits per heavy atom. The van der Waals surface area contributed by atoms with Gasteiger partial charge < -0.3 is 0 Å². The van der Waals surface area contributed by atoms with Crippen LogP contribution in [-0.2, 0) is 0 Å². The molecule has 0 heterocycles. The highest BCUT2D eigenvalue weighted by Crippen LogP contribution is 2.25. The molecule has 0 atom stereocenters. The molecule has 0 saturated heterocycles. The zero-order chi connectivity index (χ0) is 11.4. The molecule has 78 valence electrons. The summed E-state index contributed by atoms with van der Waals surface area (Å²) in [7, 11) is 0. The maximum Gasteiger partial charge on any atom is -0.0178 e. The van der Waals surface area contributed by atoms with Crippen molar-refractivity contribution in [2.75, 3.05) is 0 Å². The van der Waals surface area contributed by atoms with E-state index in [0.717, 1.165) is 11.1 Å². The van der Waals surface area contributed by atoms with Crippen molar-refractivity contribution in [2.24, 2.45) is 0 Å². The summed E-state index contributed by atoms with van der Waals surface area (Å²) in [5.74, 6) is 0. The summed E-state index contributed by atoms with van der Waals surface area (Å²) in [6.07, 6.45) is 20.3. The fraction of sp³-hybridized carbons (Fsp3) is 0. The number of rotatable bonds is 5. The van der Waals surface area contributed by atoms with Gasteiger partial charge in [0.05, 0.1) is 0 Å². The highest BCUT2D eigenvalue weighted by Gasteiger charge is 2.06. The third kappa shape index (κ3) is 2.96. The molecule has 0 fully saturated rings. The van der Waals surface area contributed by atoms with Crippen LogP contribution in [0.15, 0.2) is 96.2 Å². The Kier molecular flexibility index (Phi) is 3.02. The summed E-state index contributed by atoms with van der Waals surface area (Å²) in [6.45, 7) is 7.50. The van der Waals surface area contributed by atoms with Crippen molar-refractivity contribution in [3.05, 3.63) is 96.2 Å². The molecule has 0 saturated carbocycles. The van der Waals surface area contributed by atoms with Crippen LogP contribution in [0.2, 0.25) is 0 Å². The Balaban J connectivity index is 2.27. The second-order valence-corrected chi connectivity index (χ2v) is 3.67. The first-order valence-corrected chi connectivity index (χ1v) is 5.29. The van der Waals surface area contributed by atoms with Gasteiger partial charge >= 0.3 is 0 Å². The van der Waals surface area contributed by atoms with Gasteiger partial charge in [-0.05, 0) is 34.4 Å². The highest BCUT2D eigenvalue weighted by molar-refractivity contribution is 5.61. The minimum atomic E-state index is 1.16. The van der Waals surface area contributed by atoms with Gasteiger partial charge in [-0.25, -0.2) is 0 Å². The Morgan fingerprint density at radius 2 is 1.12 bits per heavy atom. The summed E-state index contributed by atoms with van der Waals surface area (Å²) in [6, 6.07) is 0. The predicted molar refractivity (Wildman–Crippen MR) is 71.0 cm³/mol. The van der Waals surface area contributed by atoms with Crippen molar-refractivity contribution in [2.45, 2.75) is 0 Å². The Bertz CT molecular complexity index is 436. The van der Waals surface area contributed by atoms with Crippen LogP contribution >= 0.6 is 0 Å². The van der Waals surface area contributed by atoms with Crippen LogP contribution in [0, 0.1) is 0 Å². The molecule has 0 aromatic rings. The topological polar surface area (TPSA) is 0 Å². The van der Waals surface area contributed by atoms with Crippen LogP contribution in [0.3, 0.4) is 0 Å². The van der Waals surface area contributed by atoms with E-state index >= 15 is 0 Å². The van der Waals surface area contributed by atoms with Crippen LogP contribution in [0.4, 0.5) is 0 Å². The lowest BCUT2D eigenvalue weighted by molar-refractivity contribution is 1.53. The van der Waals surface area contributed by atoms with Crippen LogP contribution < -0.4 is 0 Å². The van der Waals surface area contributed by atoms with Gasteiger partial charge in [0, 0.05) is 0 Å². The van der Waals surface area contributed by atoms with Crippen LogP contribution in [0.5, 0.6) is 0 Å². The predicted octanol–water partition coefficient (Wildman–Crippen LogP) is 4.20. The van der Waals surface area contributed by atoms with Crippen molar-refractivity contribution in [3.63, 3.8) is 0 Å². The van der Waals surface area contributed by atoms with Crippen LogP contribution in [-0.4, -0.2) is 0 Å². The molecule has 2 aliphatic rings. The van der Waals surface area contributed by atoms with Crippen molar-refractivity contribution >= 4 is 0 Å². The zero-order valence-corrected chi connectivity index (χ0v) is 9.19. The van der Waals surface area contributed by atoms with Crippen molar-refractivity contribution in [1.29, 1.82) is 0 Å². The number of allylic oxidation sites excluding steroid dienone is 14. The van der Waals surface area contributed by atoms with Gasteiger partial charge in [0.2, 0.25) is 0 Å². The summed E-state index contributed by atoms with van der Waals surface area (Å²) in [5.41, 5.74) is 4.86. The normalized spacial score (nSPS) is 17.2. The fourth-order valence-electron chi connectivity index (χ4n) is 1.36. The Labute approximate surface area is 96.7 Å². The molecule has 0 radical (unpaired) electrons. The molecule has 0 heteroatoms. The van der Waals surface area contributed by atoms with Crippen molar-refractivity contribution in [3.8, 4) is 0 Å². The monoisotopic (exact) mass is 206 g/mol. The largest absolute Gasteiger partial charge is 0.0990 e. The molecule has 2 rings (SSSR count). The average Bonchev–Trinajstić information content (AvgIpc) is 3.12. The maximum atomic E-state index is 3.75. The molecule has 0 aromatic carbocycles. The van der Waals surface area contributed by atoms with E-state index in [9.17, 15) is 0 Å². The first-order chi connectivity index (χ1) is 7.83. The van der Waals surface area contributed by atoms with E-state index in [1.54, 1.807) is 0 Å². The van der Waals surface area contributed by atoms with Gasteiger partial charge in [-0.1, -0.05) is 61.8 Å². The van der Waals surface area contributed by atoms with E-state index in [-0.39, 0.29) is 0 Å². The Morgan fingerprint density at radius 3 is 1.38 bits per heavy atom. The van der Waals surface area contributed by atoms with E-state index in [4.69, 9.17) is 0 Å². The summed E-state index contributed by atoms with van der Waals surface area (Å²) in [5, 5.41) is 0. The average molecular weight is 206 g/mol. The molecule has 0 bridgehead atoms. The lowest BCUT2D eigenvalue weighted by Gasteiger charge is -2.02. The van der Waals surface area contributed by atoms with Gasteiger partial charge in [-0.3, -0.25) is 0 Å². The summed E-state index contributed by atoms with van der Waals surface area (Å²) < 4.78 is 0. The molecular formula is C16H14. The summed E-state index contributed by atoms with van der Waals surface area (Å²) >= 11 is 0. The third-order valence-electron chi connectivity index (χ3n) is 2.29. The quantitative estimate of drug-likeness (QED) is 0.591. The van der Waals surface area contributed by atoms with Gasteiger partial charge in [0.1, 0.15) is 0 Å². The first-order valence-electron chi connectivity index (χ1n) is 5.29. The second-order valence-electron chi connectivity index (χ2n) is 3.67. The molecule has 16 heavy (non-hydrogen) atoms. The van der Waals surface area contributed by atoms with E-state index in [1.165, 1.54) is 11.1 Å². The van der Waals surface area contributed by atoms with E-state index in [1.807, 2.05) is 24.3 Å². The lowest BCUT2D eigenvalue weighted by Crippen LogP contribution is -1.83. The minimum Gasteiger partial charge on any atom is -0.0990 e. The molecule has 0 nitrogen and oxygen atoms in total. The molecule has 0 spiro atoms. The standard InChI is InChI=1S/C16H14/c1-3-5-15(11-13-7-8-13)16(6-4-2)12-14-9-10-14/h3-12H,1-2H2/b15-5+,16-6+. The highest BCUT2D eigenvalue weighted by atomic mass is 14.1. The molecule has 2 aliphatic carbocycles. The number of hydrogen-bond acceptors (Lipinski definition) is 0. The van der Waals surface area contributed by atoms with Crippen LogP contribution in [0.25, 0.3) is 0 Å². The SMILES string of the molecule is C=C/C=C(C=C1C=C1)/C(C=C1C=C1)=C/C=C. The zero-order valence-electron chi connectivity index (χ0n) is 9.19. The fourth-order valence-corrected chi connectivity index (χ4v) is 1.36. The molecular weight excluding hydrogens is 192 g/mol. The van der Waals surface area contributed by atoms with Crippen LogP contribution in [0.1, 0.15) is 0 Å². The maximum absolute atomic E-state index is 3.75. The smallest absolute Gasteiger partial charge is 0.0178 e. The third-order valence-corrected chi connectivity index (χ3v) is 2.29. The van der Waals surface area contributed by atoms with Crippen molar-refractivity contribution in [1.82, 2.24) is 0 Å². The van der Waals surface area contributed by atoms with Crippen molar-refractivity contribution < 1.29 is 0 Å². The first kappa shape index (κ1) is 10.4.